The zero-order valence-corrected chi connectivity index (χ0v) is 16.1. The van der Waals surface area contributed by atoms with E-state index in [0.717, 1.165) is 29.2 Å². The molecular weight excluding hydrogens is 342 g/mol. The molecule has 3 aromatic rings. The summed E-state index contributed by atoms with van der Waals surface area (Å²) in [6.45, 7) is 3.06. The Balaban J connectivity index is 1.64. The van der Waals surface area contributed by atoms with Gasteiger partial charge in [0, 0.05) is 23.2 Å². The number of benzene rings is 2. The molecule has 0 fully saturated rings. The van der Waals surface area contributed by atoms with E-state index >= 15 is 0 Å². The first-order valence-corrected chi connectivity index (χ1v) is 9.47. The molecule has 1 amide bonds. The lowest BCUT2D eigenvalue weighted by atomic mass is 10.1. The molecule has 0 atom stereocenters. The third-order valence-electron chi connectivity index (χ3n) is 4.09. The second-order valence-electron chi connectivity index (χ2n) is 6.61. The summed E-state index contributed by atoms with van der Waals surface area (Å²) in [5.41, 5.74) is 4.73. The van der Waals surface area contributed by atoms with E-state index in [0.29, 0.717) is 5.69 Å². The Morgan fingerprint density at radius 3 is 2.42 bits per heavy atom. The van der Waals surface area contributed by atoms with Crippen molar-refractivity contribution in [2.45, 2.75) is 13.3 Å². The second-order valence-corrected chi connectivity index (χ2v) is 7.47. The molecule has 0 spiro atoms. The van der Waals surface area contributed by atoms with E-state index < -0.39 is 0 Å². The van der Waals surface area contributed by atoms with Gasteiger partial charge in [-0.05, 0) is 45.1 Å². The molecule has 2 aromatic carbocycles. The summed E-state index contributed by atoms with van der Waals surface area (Å²) >= 11 is 1.48. The predicted molar refractivity (Wildman–Crippen MR) is 109 cm³/mol. The van der Waals surface area contributed by atoms with Gasteiger partial charge in [-0.2, -0.15) is 0 Å². The molecule has 1 heterocycles. The quantitative estimate of drug-likeness (QED) is 0.701. The van der Waals surface area contributed by atoms with Crippen LogP contribution in [-0.2, 0) is 6.42 Å². The van der Waals surface area contributed by atoms with Crippen LogP contribution in [0.5, 0.6) is 0 Å². The van der Waals surface area contributed by atoms with E-state index in [-0.39, 0.29) is 5.91 Å². The number of anilines is 1. The maximum absolute atomic E-state index is 12.4. The summed E-state index contributed by atoms with van der Waals surface area (Å²) in [4.78, 5) is 19.1. The zero-order valence-electron chi connectivity index (χ0n) is 15.3. The summed E-state index contributed by atoms with van der Waals surface area (Å²) in [6, 6.07) is 16.1. The highest BCUT2D eigenvalue weighted by Gasteiger charge is 2.12. The third-order valence-corrected chi connectivity index (χ3v) is 4.99. The molecule has 0 unspecified atom stereocenters. The van der Waals surface area contributed by atoms with Gasteiger partial charge in [0.2, 0.25) is 0 Å². The van der Waals surface area contributed by atoms with Crippen molar-refractivity contribution in [3.05, 3.63) is 70.7 Å². The van der Waals surface area contributed by atoms with Gasteiger partial charge in [-0.15, -0.1) is 11.3 Å². The maximum Gasteiger partial charge on any atom is 0.275 e. The number of carbonyl (C=O) groups excluding carboxylic acids is 1. The van der Waals surface area contributed by atoms with Gasteiger partial charge in [-0.1, -0.05) is 42.0 Å². The smallest absolute Gasteiger partial charge is 0.275 e. The van der Waals surface area contributed by atoms with Crippen LogP contribution in [-0.4, -0.2) is 36.4 Å². The number of amides is 1. The van der Waals surface area contributed by atoms with E-state index in [1.807, 2.05) is 36.4 Å². The minimum atomic E-state index is -0.180. The first kappa shape index (κ1) is 18.3. The number of nitrogens with zero attached hydrogens (tertiary/aromatic N) is 2. The Kier molecular flexibility index (Phi) is 5.81. The fourth-order valence-electron chi connectivity index (χ4n) is 2.51. The number of aromatic nitrogens is 1. The number of hydrogen-bond donors (Lipinski definition) is 1. The fraction of sp³-hybridized carbons (Fsp3) is 0.238. The molecule has 0 saturated heterocycles. The molecule has 134 valence electrons. The van der Waals surface area contributed by atoms with Gasteiger partial charge in [0.05, 0.1) is 0 Å². The summed E-state index contributed by atoms with van der Waals surface area (Å²) in [5, 5.41) is 5.58. The summed E-state index contributed by atoms with van der Waals surface area (Å²) in [6.07, 6.45) is 0.993. The van der Waals surface area contributed by atoms with E-state index in [1.165, 1.54) is 22.5 Å². The van der Waals surface area contributed by atoms with Crippen molar-refractivity contribution < 1.29 is 4.79 Å². The molecule has 4 nitrogen and oxygen atoms in total. The standard InChI is InChI=1S/C21H23N3OS/c1-15-4-8-17(9-5-15)21-23-19(14-26-21)20(25)22-18-10-6-16(7-11-18)12-13-24(2)3/h4-11,14H,12-13H2,1-3H3,(H,22,25). The van der Waals surface area contributed by atoms with Crippen molar-refractivity contribution in [2.24, 2.45) is 0 Å². The molecule has 0 radical (unpaired) electrons. The van der Waals surface area contributed by atoms with Crippen molar-refractivity contribution in [1.82, 2.24) is 9.88 Å². The summed E-state index contributed by atoms with van der Waals surface area (Å²) in [7, 11) is 4.13. The van der Waals surface area contributed by atoms with E-state index in [9.17, 15) is 4.79 Å². The average Bonchev–Trinajstić information content (AvgIpc) is 3.12. The highest BCUT2D eigenvalue weighted by Crippen LogP contribution is 2.24. The number of carbonyl (C=O) groups is 1. The van der Waals surface area contributed by atoms with Gasteiger partial charge in [0.1, 0.15) is 10.7 Å². The summed E-state index contributed by atoms with van der Waals surface area (Å²) < 4.78 is 0. The lowest BCUT2D eigenvalue weighted by Gasteiger charge is -2.09. The van der Waals surface area contributed by atoms with Crippen molar-refractivity contribution >= 4 is 22.9 Å². The third kappa shape index (κ3) is 4.77. The van der Waals surface area contributed by atoms with Gasteiger partial charge in [-0.25, -0.2) is 4.98 Å². The van der Waals surface area contributed by atoms with Crippen LogP contribution in [0.4, 0.5) is 5.69 Å². The van der Waals surface area contributed by atoms with Crippen molar-refractivity contribution in [1.29, 1.82) is 0 Å². The van der Waals surface area contributed by atoms with Crippen LogP contribution in [0.2, 0.25) is 0 Å². The molecule has 26 heavy (non-hydrogen) atoms. The molecule has 1 N–H and O–H groups in total. The van der Waals surface area contributed by atoms with Gasteiger partial charge < -0.3 is 10.2 Å². The van der Waals surface area contributed by atoms with E-state index in [2.05, 4.69) is 48.4 Å². The predicted octanol–water partition coefficient (Wildman–Crippen LogP) is 4.47. The number of thiazole rings is 1. The van der Waals surface area contributed by atoms with Gasteiger partial charge >= 0.3 is 0 Å². The second kappa shape index (κ2) is 8.25. The minimum Gasteiger partial charge on any atom is -0.321 e. The first-order chi connectivity index (χ1) is 12.5. The van der Waals surface area contributed by atoms with E-state index in [1.54, 1.807) is 5.38 Å². The average molecular weight is 366 g/mol. The zero-order chi connectivity index (χ0) is 18.5. The summed E-state index contributed by atoms with van der Waals surface area (Å²) in [5.74, 6) is -0.180. The Labute approximate surface area is 158 Å². The molecule has 0 aliphatic carbocycles. The number of hydrogen-bond acceptors (Lipinski definition) is 4. The van der Waals surface area contributed by atoms with E-state index in [4.69, 9.17) is 0 Å². The van der Waals surface area contributed by atoms with Gasteiger partial charge in [0.25, 0.3) is 5.91 Å². The van der Waals surface area contributed by atoms with Gasteiger partial charge in [-0.3, -0.25) is 4.79 Å². The van der Waals surface area contributed by atoms with Crippen molar-refractivity contribution in [3.8, 4) is 10.6 Å². The highest BCUT2D eigenvalue weighted by atomic mass is 32.1. The molecule has 0 aliphatic rings. The Hall–Kier alpha value is -2.50. The first-order valence-electron chi connectivity index (χ1n) is 8.59. The van der Waals surface area contributed by atoms with Crippen LogP contribution < -0.4 is 5.32 Å². The Morgan fingerprint density at radius 1 is 1.08 bits per heavy atom. The topological polar surface area (TPSA) is 45.2 Å². The molecule has 3 rings (SSSR count). The normalized spacial score (nSPS) is 10.9. The van der Waals surface area contributed by atoms with Crippen LogP contribution in [0.15, 0.2) is 53.9 Å². The number of likely N-dealkylation sites (N-methyl/N-ethyl adjacent to an activating group) is 1. The van der Waals surface area contributed by atoms with Crippen LogP contribution >= 0.6 is 11.3 Å². The molecule has 5 heteroatoms. The lowest BCUT2D eigenvalue weighted by Crippen LogP contribution is -2.15. The van der Waals surface area contributed by atoms with Crippen molar-refractivity contribution in [3.63, 3.8) is 0 Å². The Morgan fingerprint density at radius 2 is 1.77 bits per heavy atom. The maximum atomic E-state index is 12.4. The molecule has 0 saturated carbocycles. The number of nitrogens with one attached hydrogen (secondary N) is 1. The lowest BCUT2D eigenvalue weighted by molar-refractivity contribution is 0.102. The monoisotopic (exact) mass is 365 g/mol. The molecule has 0 aliphatic heterocycles. The number of aryl methyl sites for hydroxylation is 1. The number of rotatable bonds is 6. The highest BCUT2D eigenvalue weighted by molar-refractivity contribution is 7.13. The van der Waals surface area contributed by atoms with Crippen LogP contribution in [0.25, 0.3) is 10.6 Å². The SMILES string of the molecule is Cc1ccc(-c2nc(C(=O)Nc3ccc(CCN(C)C)cc3)cs2)cc1. The molecule has 1 aromatic heterocycles. The molecule has 0 bridgehead atoms. The van der Waals surface area contributed by atoms with Crippen molar-refractivity contribution in [2.75, 3.05) is 26.0 Å². The minimum absolute atomic E-state index is 0.180. The largest absolute Gasteiger partial charge is 0.321 e. The Bertz CT molecular complexity index is 867. The molecular formula is C21H23N3OS. The van der Waals surface area contributed by atoms with Crippen LogP contribution in [0, 0.1) is 6.92 Å². The van der Waals surface area contributed by atoms with Crippen LogP contribution in [0.1, 0.15) is 21.6 Å². The van der Waals surface area contributed by atoms with Crippen LogP contribution in [0.3, 0.4) is 0 Å². The fourth-order valence-corrected chi connectivity index (χ4v) is 3.32. The van der Waals surface area contributed by atoms with Gasteiger partial charge in [0.15, 0.2) is 0 Å².